The molecule has 2 aromatic heterocycles. The van der Waals surface area contributed by atoms with Gasteiger partial charge in [-0.3, -0.25) is 18.7 Å². The molecule has 178 valence electrons. The molecule has 0 saturated carbocycles. The Balaban J connectivity index is 1.67. The first-order valence-corrected chi connectivity index (χ1v) is 11.8. The molecule has 2 atom stereocenters. The molecular formula is C25H30N6O3. The van der Waals surface area contributed by atoms with E-state index in [0.29, 0.717) is 41.2 Å². The van der Waals surface area contributed by atoms with Gasteiger partial charge in [0.1, 0.15) is 0 Å². The first kappa shape index (κ1) is 22.3. The molecule has 2 aliphatic heterocycles. The summed E-state index contributed by atoms with van der Waals surface area (Å²) in [5.74, 6) is 0.984. The van der Waals surface area contributed by atoms with Crippen LogP contribution in [0.5, 0.6) is 0 Å². The van der Waals surface area contributed by atoms with E-state index in [9.17, 15) is 14.4 Å². The van der Waals surface area contributed by atoms with Crippen molar-refractivity contribution < 1.29 is 4.79 Å². The van der Waals surface area contributed by atoms with Crippen LogP contribution in [0.2, 0.25) is 0 Å². The summed E-state index contributed by atoms with van der Waals surface area (Å²) in [5, 5.41) is 3.46. The number of hydrogen-bond acceptors (Lipinski definition) is 6. The van der Waals surface area contributed by atoms with Crippen molar-refractivity contribution in [2.24, 2.45) is 13.0 Å². The highest BCUT2D eigenvalue weighted by Gasteiger charge is 2.40. The van der Waals surface area contributed by atoms with Crippen molar-refractivity contribution in [1.82, 2.24) is 24.0 Å². The van der Waals surface area contributed by atoms with Crippen LogP contribution in [0, 0.1) is 5.92 Å². The Morgan fingerprint density at radius 2 is 1.91 bits per heavy atom. The number of hydrogen-bond donors (Lipinski definition) is 1. The molecule has 9 heteroatoms. The van der Waals surface area contributed by atoms with Crippen LogP contribution in [0.3, 0.4) is 0 Å². The number of nitrogens with one attached hydrogen (secondary N) is 1. The maximum Gasteiger partial charge on any atom is 0.332 e. The van der Waals surface area contributed by atoms with Gasteiger partial charge in [0.15, 0.2) is 16.9 Å². The van der Waals surface area contributed by atoms with E-state index >= 15 is 0 Å². The summed E-state index contributed by atoms with van der Waals surface area (Å²) in [6.07, 6.45) is 3.12. The minimum Gasteiger partial charge on any atom is -0.338 e. The minimum absolute atomic E-state index is 0.283. The maximum absolute atomic E-state index is 13.7. The highest BCUT2D eigenvalue weighted by molar-refractivity contribution is 5.95. The largest absolute Gasteiger partial charge is 0.338 e. The Hall–Kier alpha value is -3.46. The number of aromatic nitrogens is 4. The van der Waals surface area contributed by atoms with E-state index in [2.05, 4.69) is 16.3 Å². The maximum atomic E-state index is 13.7. The molecule has 5 rings (SSSR count). The summed E-state index contributed by atoms with van der Waals surface area (Å²) >= 11 is 0. The van der Waals surface area contributed by atoms with Crippen molar-refractivity contribution in [3.63, 3.8) is 0 Å². The topological polar surface area (TPSA) is 94.2 Å². The molecule has 0 bridgehead atoms. The number of fused-ring (bicyclic) bond motifs is 2. The van der Waals surface area contributed by atoms with Crippen molar-refractivity contribution in [3.8, 4) is 0 Å². The quantitative estimate of drug-likeness (QED) is 0.441. The van der Waals surface area contributed by atoms with Gasteiger partial charge in [-0.15, -0.1) is 0 Å². The average molecular weight is 463 g/mol. The van der Waals surface area contributed by atoms with E-state index in [1.54, 1.807) is 31.3 Å². The summed E-state index contributed by atoms with van der Waals surface area (Å²) in [4.78, 5) is 46.8. The average Bonchev–Trinajstić information content (AvgIpc) is 3.54. The molecule has 4 heterocycles. The lowest BCUT2D eigenvalue weighted by atomic mass is 10.1. The predicted molar refractivity (Wildman–Crippen MR) is 132 cm³/mol. The predicted octanol–water partition coefficient (Wildman–Crippen LogP) is 1.54. The van der Waals surface area contributed by atoms with Crippen molar-refractivity contribution in [2.75, 3.05) is 24.5 Å². The van der Waals surface area contributed by atoms with Gasteiger partial charge in [-0.25, -0.2) is 4.79 Å². The molecule has 2 saturated heterocycles. The minimum atomic E-state index is -0.540. The van der Waals surface area contributed by atoms with Crippen LogP contribution in [-0.2, 0) is 20.1 Å². The molecule has 0 spiro atoms. The van der Waals surface area contributed by atoms with E-state index < -0.39 is 11.2 Å². The number of nitrogens with zero attached hydrogens (tertiary/aromatic N) is 5. The van der Waals surface area contributed by atoms with Crippen LogP contribution in [-0.4, -0.2) is 50.1 Å². The summed E-state index contributed by atoms with van der Waals surface area (Å²) < 4.78 is 4.33. The molecule has 0 unspecified atom stereocenters. The van der Waals surface area contributed by atoms with Gasteiger partial charge in [-0.1, -0.05) is 42.0 Å². The lowest BCUT2D eigenvalue weighted by Gasteiger charge is -2.25. The van der Waals surface area contributed by atoms with Gasteiger partial charge >= 0.3 is 5.69 Å². The Morgan fingerprint density at radius 1 is 1.15 bits per heavy atom. The van der Waals surface area contributed by atoms with E-state index in [0.717, 1.165) is 36.2 Å². The number of imidazole rings is 1. The fourth-order valence-electron chi connectivity index (χ4n) is 5.12. The fraction of sp³-hybridized carbons (Fsp3) is 0.440. The summed E-state index contributed by atoms with van der Waals surface area (Å²) in [6.45, 7) is 6.91. The molecule has 1 aromatic carbocycles. The van der Waals surface area contributed by atoms with E-state index in [1.807, 2.05) is 24.5 Å². The number of Topliss-reactive ketones (excluding diaryl/α,β-unsaturated/α-hetero) is 1. The van der Waals surface area contributed by atoms with Crippen LogP contribution in [0.4, 0.5) is 5.95 Å². The standard InChI is InChI=1S/C25H30N6O3/c1-16(2)9-11-30-21-22(27-24(30)29-12-10-18-13-26-14-19(18)29)28(3)25(34)31(23(21)33)15-20(32)17-7-5-4-6-8-17/h4-9,18-19,26H,10-15H2,1-3H3/t18-,19+/m1/s1. The fourth-order valence-corrected chi connectivity index (χ4v) is 5.12. The third-order valence-electron chi connectivity index (χ3n) is 6.99. The number of carbonyl (C=O) groups is 1. The Labute approximate surface area is 197 Å². The van der Waals surface area contributed by atoms with Crippen molar-refractivity contribution in [1.29, 1.82) is 0 Å². The van der Waals surface area contributed by atoms with Gasteiger partial charge < -0.3 is 14.8 Å². The van der Waals surface area contributed by atoms with Gasteiger partial charge in [0.05, 0.1) is 6.54 Å². The number of aryl methyl sites for hydroxylation is 1. The summed E-state index contributed by atoms with van der Waals surface area (Å²) in [6, 6.07) is 9.04. The third kappa shape index (κ3) is 3.69. The zero-order chi connectivity index (χ0) is 24.0. The first-order chi connectivity index (χ1) is 16.4. The molecule has 0 aliphatic carbocycles. The zero-order valence-electron chi connectivity index (χ0n) is 19.8. The number of ketones is 1. The number of carbonyl (C=O) groups excluding carboxylic acids is 1. The Bertz CT molecular complexity index is 1390. The van der Waals surface area contributed by atoms with E-state index in [4.69, 9.17) is 4.98 Å². The lowest BCUT2D eigenvalue weighted by molar-refractivity contribution is 0.0969. The van der Waals surface area contributed by atoms with Gasteiger partial charge in [0.2, 0.25) is 5.95 Å². The monoisotopic (exact) mass is 462 g/mol. The molecule has 2 aliphatic rings. The summed E-state index contributed by atoms with van der Waals surface area (Å²) in [5.41, 5.74) is 1.27. The van der Waals surface area contributed by atoms with Gasteiger partial charge in [-0.2, -0.15) is 4.98 Å². The number of rotatable bonds is 6. The van der Waals surface area contributed by atoms with Crippen molar-refractivity contribution >= 4 is 22.9 Å². The van der Waals surface area contributed by atoms with Crippen molar-refractivity contribution in [2.45, 2.75) is 39.4 Å². The third-order valence-corrected chi connectivity index (χ3v) is 6.99. The second-order valence-electron chi connectivity index (χ2n) is 9.47. The molecule has 0 radical (unpaired) electrons. The van der Waals surface area contributed by atoms with Crippen LogP contribution in [0.15, 0.2) is 51.6 Å². The molecule has 0 amide bonds. The van der Waals surface area contributed by atoms with Gasteiger partial charge in [0, 0.05) is 44.8 Å². The number of benzene rings is 1. The molecule has 1 N–H and O–H groups in total. The number of anilines is 1. The SMILES string of the molecule is CC(C)=CCn1c(N2CC[C@@H]3CNC[C@@H]32)nc2c1c(=O)n(CC(=O)c1ccccc1)c(=O)n2C. The number of allylic oxidation sites excluding steroid dienone is 2. The Kier molecular flexibility index (Phi) is 5.73. The lowest BCUT2D eigenvalue weighted by Crippen LogP contribution is -2.41. The van der Waals surface area contributed by atoms with Gasteiger partial charge in [0.25, 0.3) is 5.56 Å². The molecule has 2 fully saturated rings. The normalized spacial score (nSPS) is 19.6. The summed E-state index contributed by atoms with van der Waals surface area (Å²) in [7, 11) is 1.61. The Morgan fingerprint density at radius 3 is 2.65 bits per heavy atom. The molecule has 3 aromatic rings. The second kappa shape index (κ2) is 8.72. The van der Waals surface area contributed by atoms with Crippen molar-refractivity contribution in [3.05, 3.63) is 68.4 Å². The van der Waals surface area contributed by atoms with Gasteiger partial charge in [-0.05, 0) is 26.2 Å². The molecular weight excluding hydrogens is 432 g/mol. The van der Waals surface area contributed by atoms with Crippen LogP contribution < -0.4 is 21.5 Å². The first-order valence-electron chi connectivity index (χ1n) is 11.8. The van der Waals surface area contributed by atoms with Crippen LogP contribution in [0.1, 0.15) is 30.6 Å². The van der Waals surface area contributed by atoms with E-state index in [-0.39, 0.29) is 12.3 Å². The van der Waals surface area contributed by atoms with Crippen LogP contribution in [0.25, 0.3) is 11.2 Å². The molecule has 9 nitrogen and oxygen atoms in total. The smallest absolute Gasteiger partial charge is 0.332 e. The highest BCUT2D eigenvalue weighted by Crippen LogP contribution is 2.32. The highest BCUT2D eigenvalue weighted by atomic mass is 16.2. The second-order valence-corrected chi connectivity index (χ2v) is 9.47. The van der Waals surface area contributed by atoms with E-state index in [1.165, 1.54) is 4.57 Å². The zero-order valence-corrected chi connectivity index (χ0v) is 19.8. The van der Waals surface area contributed by atoms with Crippen LogP contribution >= 0.6 is 0 Å². The molecule has 34 heavy (non-hydrogen) atoms.